The maximum absolute atomic E-state index is 11.6. The van der Waals surface area contributed by atoms with Crippen molar-refractivity contribution in [2.75, 3.05) is 6.61 Å². The molecule has 0 bridgehead atoms. The lowest BCUT2D eigenvalue weighted by Gasteiger charge is -2.07. The highest BCUT2D eigenvalue weighted by Crippen LogP contribution is 2.15. The third-order valence-electron chi connectivity index (χ3n) is 2.68. The Kier molecular flexibility index (Phi) is 4.55. The molecule has 2 aromatic rings. The van der Waals surface area contributed by atoms with E-state index in [4.69, 9.17) is 9.15 Å². The molecule has 1 amide bonds. The monoisotopic (exact) mass is 272 g/mol. The van der Waals surface area contributed by atoms with Gasteiger partial charge in [0.2, 0.25) is 0 Å². The molecule has 0 aliphatic heterocycles. The van der Waals surface area contributed by atoms with E-state index in [1.54, 1.807) is 25.3 Å². The van der Waals surface area contributed by atoms with Gasteiger partial charge in [-0.25, -0.2) is 5.43 Å². The molecule has 0 atom stereocenters. The molecule has 0 radical (unpaired) electrons. The third-order valence-corrected chi connectivity index (χ3v) is 2.68. The number of hydrazone groups is 1. The molecule has 0 saturated heterocycles. The SMILES string of the molecule is C/C(=N\NC(=O)COc1ccccc1C)c1ccco1. The molecule has 1 N–H and O–H groups in total. The molecule has 20 heavy (non-hydrogen) atoms. The number of benzene rings is 1. The summed E-state index contributed by atoms with van der Waals surface area (Å²) in [7, 11) is 0. The zero-order valence-electron chi connectivity index (χ0n) is 11.4. The predicted molar refractivity (Wildman–Crippen MR) is 75.7 cm³/mol. The summed E-state index contributed by atoms with van der Waals surface area (Å²) in [6, 6.07) is 11.1. The van der Waals surface area contributed by atoms with Crippen LogP contribution in [0.5, 0.6) is 5.75 Å². The second kappa shape index (κ2) is 6.56. The first-order valence-electron chi connectivity index (χ1n) is 6.22. The molecule has 5 heteroatoms. The lowest BCUT2D eigenvalue weighted by atomic mass is 10.2. The number of furan rings is 1. The zero-order valence-corrected chi connectivity index (χ0v) is 11.4. The Labute approximate surface area is 117 Å². The van der Waals surface area contributed by atoms with Gasteiger partial charge in [-0.1, -0.05) is 18.2 Å². The van der Waals surface area contributed by atoms with Crippen molar-refractivity contribution in [2.24, 2.45) is 5.10 Å². The predicted octanol–water partition coefficient (Wildman–Crippen LogP) is 2.51. The summed E-state index contributed by atoms with van der Waals surface area (Å²) >= 11 is 0. The fourth-order valence-electron chi connectivity index (χ4n) is 1.58. The second-order valence-corrected chi connectivity index (χ2v) is 4.26. The standard InChI is InChI=1S/C15H16N2O3/c1-11-6-3-4-7-13(11)20-10-15(18)17-16-12(2)14-8-5-9-19-14/h3-9H,10H2,1-2H3,(H,17,18)/b16-12+. The van der Waals surface area contributed by atoms with Crippen LogP contribution in [0.3, 0.4) is 0 Å². The van der Waals surface area contributed by atoms with Gasteiger partial charge >= 0.3 is 0 Å². The van der Waals surface area contributed by atoms with Crippen LogP contribution in [0, 0.1) is 6.92 Å². The Morgan fingerprint density at radius 2 is 2.10 bits per heavy atom. The fourth-order valence-corrected chi connectivity index (χ4v) is 1.58. The zero-order chi connectivity index (χ0) is 14.4. The van der Waals surface area contributed by atoms with E-state index in [-0.39, 0.29) is 12.5 Å². The van der Waals surface area contributed by atoms with Crippen molar-refractivity contribution >= 4 is 11.6 Å². The summed E-state index contributed by atoms with van der Waals surface area (Å²) in [5, 5.41) is 3.94. The van der Waals surface area contributed by atoms with Crippen molar-refractivity contribution in [3.05, 3.63) is 54.0 Å². The smallest absolute Gasteiger partial charge is 0.277 e. The molecule has 0 unspecified atom stereocenters. The average molecular weight is 272 g/mol. The highest BCUT2D eigenvalue weighted by molar-refractivity contribution is 5.96. The van der Waals surface area contributed by atoms with Gasteiger partial charge in [-0.15, -0.1) is 0 Å². The summed E-state index contributed by atoms with van der Waals surface area (Å²) in [6.45, 7) is 3.59. The molecule has 0 spiro atoms. The normalized spacial score (nSPS) is 11.2. The molecule has 1 aromatic carbocycles. The van der Waals surface area contributed by atoms with Crippen LogP contribution in [0.25, 0.3) is 0 Å². The molecule has 104 valence electrons. The van der Waals surface area contributed by atoms with Gasteiger partial charge in [0.1, 0.15) is 17.2 Å². The molecular weight excluding hydrogens is 256 g/mol. The van der Waals surface area contributed by atoms with E-state index in [2.05, 4.69) is 10.5 Å². The van der Waals surface area contributed by atoms with Crippen LogP contribution in [-0.2, 0) is 4.79 Å². The van der Waals surface area contributed by atoms with E-state index < -0.39 is 0 Å². The van der Waals surface area contributed by atoms with E-state index in [9.17, 15) is 4.79 Å². The van der Waals surface area contributed by atoms with Crippen LogP contribution in [0.2, 0.25) is 0 Å². The number of amides is 1. The second-order valence-electron chi connectivity index (χ2n) is 4.26. The van der Waals surface area contributed by atoms with Crippen LogP contribution in [0.4, 0.5) is 0 Å². The average Bonchev–Trinajstić information content (AvgIpc) is 2.98. The number of nitrogens with zero attached hydrogens (tertiary/aromatic N) is 1. The minimum atomic E-state index is -0.320. The summed E-state index contributed by atoms with van der Waals surface area (Å²) in [5.41, 5.74) is 4.00. The molecule has 0 fully saturated rings. The van der Waals surface area contributed by atoms with E-state index in [1.165, 1.54) is 0 Å². The van der Waals surface area contributed by atoms with Gasteiger partial charge < -0.3 is 9.15 Å². The van der Waals surface area contributed by atoms with Gasteiger partial charge in [-0.05, 0) is 37.6 Å². The minimum Gasteiger partial charge on any atom is -0.483 e. The van der Waals surface area contributed by atoms with Crippen LogP contribution >= 0.6 is 0 Å². The first-order chi connectivity index (χ1) is 9.66. The van der Waals surface area contributed by atoms with Crippen molar-refractivity contribution < 1.29 is 13.9 Å². The van der Waals surface area contributed by atoms with Gasteiger partial charge in [-0.2, -0.15) is 5.10 Å². The lowest BCUT2D eigenvalue weighted by molar-refractivity contribution is -0.123. The van der Waals surface area contributed by atoms with Crippen LogP contribution < -0.4 is 10.2 Å². The summed E-state index contributed by atoms with van der Waals surface area (Å²) in [4.78, 5) is 11.6. The maximum atomic E-state index is 11.6. The van der Waals surface area contributed by atoms with E-state index >= 15 is 0 Å². The van der Waals surface area contributed by atoms with Crippen molar-refractivity contribution in [1.82, 2.24) is 5.43 Å². The largest absolute Gasteiger partial charge is 0.483 e. The molecule has 1 heterocycles. The molecular formula is C15H16N2O3. The number of hydrogen-bond acceptors (Lipinski definition) is 4. The highest BCUT2D eigenvalue weighted by atomic mass is 16.5. The molecule has 2 rings (SSSR count). The number of nitrogens with one attached hydrogen (secondary N) is 1. The number of ether oxygens (including phenoxy) is 1. The Morgan fingerprint density at radius 3 is 2.80 bits per heavy atom. The molecule has 0 saturated carbocycles. The Bertz CT molecular complexity index is 603. The van der Waals surface area contributed by atoms with Gasteiger partial charge in [0, 0.05) is 0 Å². The highest BCUT2D eigenvalue weighted by Gasteiger charge is 2.05. The minimum absolute atomic E-state index is 0.0835. The van der Waals surface area contributed by atoms with Crippen LogP contribution in [0.1, 0.15) is 18.2 Å². The van der Waals surface area contributed by atoms with Gasteiger partial charge in [0.25, 0.3) is 5.91 Å². The van der Waals surface area contributed by atoms with Crippen molar-refractivity contribution in [2.45, 2.75) is 13.8 Å². The van der Waals surface area contributed by atoms with E-state index in [1.807, 2.05) is 31.2 Å². The Morgan fingerprint density at radius 1 is 1.30 bits per heavy atom. The maximum Gasteiger partial charge on any atom is 0.277 e. The Hall–Kier alpha value is -2.56. The number of hydrogen-bond donors (Lipinski definition) is 1. The summed E-state index contributed by atoms with van der Waals surface area (Å²) in [6.07, 6.45) is 1.55. The molecule has 5 nitrogen and oxygen atoms in total. The molecule has 0 aliphatic carbocycles. The number of para-hydroxylation sites is 1. The number of aryl methyl sites for hydroxylation is 1. The topological polar surface area (TPSA) is 63.8 Å². The van der Waals surface area contributed by atoms with Crippen LogP contribution in [-0.4, -0.2) is 18.2 Å². The van der Waals surface area contributed by atoms with Crippen molar-refractivity contribution in [3.63, 3.8) is 0 Å². The number of rotatable bonds is 5. The number of carbonyl (C=O) groups is 1. The quantitative estimate of drug-likeness (QED) is 0.672. The molecule has 1 aromatic heterocycles. The Balaban J connectivity index is 1.84. The molecule has 0 aliphatic rings. The first-order valence-corrected chi connectivity index (χ1v) is 6.22. The van der Waals surface area contributed by atoms with Crippen molar-refractivity contribution in [1.29, 1.82) is 0 Å². The van der Waals surface area contributed by atoms with Gasteiger partial charge in [0.05, 0.1) is 6.26 Å². The van der Waals surface area contributed by atoms with Crippen molar-refractivity contribution in [3.8, 4) is 5.75 Å². The van der Waals surface area contributed by atoms with Gasteiger partial charge in [0.15, 0.2) is 6.61 Å². The fraction of sp³-hybridized carbons (Fsp3) is 0.200. The first kappa shape index (κ1) is 13.9. The number of carbonyl (C=O) groups excluding carboxylic acids is 1. The van der Waals surface area contributed by atoms with Gasteiger partial charge in [-0.3, -0.25) is 4.79 Å². The lowest BCUT2D eigenvalue weighted by Crippen LogP contribution is -2.25. The van der Waals surface area contributed by atoms with E-state index in [0.717, 1.165) is 5.56 Å². The summed E-state index contributed by atoms with van der Waals surface area (Å²) in [5.74, 6) is 0.985. The third kappa shape index (κ3) is 3.71. The van der Waals surface area contributed by atoms with E-state index in [0.29, 0.717) is 17.2 Å². The van der Waals surface area contributed by atoms with Crippen LogP contribution in [0.15, 0.2) is 52.2 Å². The summed E-state index contributed by atoms with van der Waals surface area (Å²) < 4.78 is 10.6.